The van der Waals surface area contributed by atoms with Crippen molar-refractivity contribution in [1.82, 2.24) is 4.31 Å². The highest BCUT2D eigenvalue weighted by molar-refractivity contribution is 7.89. The third kappa shape index (κ3) is 4.26. The van der Waals surface area contributed by atoms with Crippen LogP contribution in [0.2, 0.25) is 10.0 Å². The second kappa shape index (κ2) is 7.35. The zero-order valence-corrected chi connectivity index (χ0v) is 14.4. The van der Waals surface area contributed by atoms with Crippen molar-refractivity contribution in [2.45, 2.75) is 11.4 Å². The second-order valence-corrected chi connectivity index (χ2v) is 7.26. The van der Waals surface area contributed by atoms with E-state index in [4.69, 9.17) is 27.6 Å². The third-order valence-corrected chi connectivity index (χ3v) is 5.50. The first kappa shape index (κ1) is 17.8. The molecule has 0 N–H and O–H groups in total. The Morgan fingerprint density at radius 3 is 2.57 bits per heavy atom. The van der Waals surface area contributed by atoms with E-state index in [1.54, 1.807) is 12.1 Å². The Hall–Kier alpha value is -1.54. The maximum atomic E-state index is 12.7. The predicted molar refractivity (Wildman–Crippen MR) is 84.8 cm³/mol. The first-order chi connectivity index (χ1) is 10.8. The van der Waals surface area contributed by atoms with E-state index in [9.17, 15) is 13.2 Å². The molecule has 1 heterocycles. The summed E-state index contributed by atoms with van der Waals surface area (Å²) in [7, 11) is -2.81. The summed E-state index contributed by atoms with van der Waals surface area (Å²) in [6, 6.07) is 7.15. The molecule has 0 aliphatic rings. The first-order valence-electron chi connectivity index (χ1n) is 6.39. The van der Waals surface area contributed by atoms with Crippen molar-refractivity contribution < 1.29 is 22.4 Å². The van der Waals surface area contributed by atoms with Gasteiger partial charge in [-0.05, 0) is 30.3 Å². The summed E-state index contributed by atoms with van der Waals surface area (Å²) in [6.07, 6.45) is 1.41. The maximum Gasteiger partial charge on any atom is 0.321 e. The van der Waals surface area contributed by atoms with Gasteiger partial charge in [0, 0.05) is 0 Å². The topological polar surface area (TPSA) is 76.8 Å². The quantitative estimate of drug-likeness (QED) is 0.723. The molecule has 1 aromatic heterocycles. The first-order valence-corrected chi connectivity index (χ1v) is 8.58. The Morgan fingerprint density at radius 1 is 1.26 bits per heavy atom. The Kier molecular flexibility index (Phi) is 5.69. The number of sulfonamides is 1. The van der Waals surface area contributed by atoms with Crippen LogP contribution in [0, 0.1) is 0 Å². The van der Waals surface area contributed by atoms with Gasteiger partial charge in [-0.2, -0.15) is 4.31 Å². The summed E-state index contributed by atoms with van der Waals surface area (Å²) >= 11 is 11.7. The van der Waals surface area contributed by atoms with E-state index in [0.717, 1.165) is 4.31 Å². The van der Waals surface area contributed by atoms with Gasteiger partial charge in [-0.25, -0.2) is 8.42 Å². The molecule has 0 spiro atoms. The number of nitrogens with zero attached hydrogens (tertiary/aromatic N) is 1. The van der Waals surface area contributed by atoms with E-state index in [1.165, 1.54) is 31.6 Å². The standard InChI is InChI=1S/C14H13Cl2NO5S/c1-21-14(18)9-17(8-10-3-2-6-22-10)23(19,20)11-4-5-12(15)13(16)7-11/h2-7H,8-9H2,1H3. The van der Waals surface area contributed by atoms with Crippen LogP contribution in [-0.2, 0) is 26.1 Å². The van der Waals surface area contributed by atoms with Crippen molar-refractivity contribution in [2.75, 3.05) is 13.7 Å². The second-order valence-electron chi connectivity index (χ2n) is 4.50. The summed E-state index contributed by atoms with van der Waals surface area (Å²) in [6.45, 7) is -0.579. The number of benzene rings is 1. The van der Waals surface area contributed by atoms with Crippen molar-refractivity contribution in [1.29, 1.82) is 0 Å². The molecule has 6 nitrogen and oxygen atoms in total. The van der Waals surface area contributed by atoms with Crippen LogP contribution in [0.4, 0.5) is 0 Å². The van der Waals surface area contributed by atoms with Crippen LogP contribution in [0.25, 0.3) is 0 Å². The fraction of sp³-hybridized carbons (Fsp3) is 0.214. The number of carbonyl (C=O) groups excluding carboxylic acids is 1. The van der Waals surface area contributed by atoms with Crippen LogP contribution in [-0.4, -0.2) is 32.3 Å². The zero-order valence-electron chi connectivity index (χ0n) is 12.0. The van der Waals surface area contributed by atoms with E-state index in [-0.39, 0.29) is 21.5 Å². The molecular weight excluding hydrogens is 365 g/mol. The summed E-state index contributed by atoms with van der Waals surface area (Å²) in [5.74, 6) is -0.308. The molecule has 2 rings (SSSR count). The Bertz CT molecular complexity index is 790. The molecule has 0 saturated carbocycles. The van der Waals surface area contributed by atoms with Crippen LogP contribution in [0.1, 0.15) is 5.76 Å². The van der Waals surface area contributed by atoms with Gasteiger partial charge in [0.25, 0.3) is 0 Å². The molecule has 0 aliphatic heterocycles. The lowest BCUT2D eigenvalue weighted by molar-refractivity contribution is -0.140. The smallest absolute Gasteiger partial charge is 0.321 e. The molecule has 0 atom stereocenters. The number of hydrogen-bond donors (Lipinski definition) is 0. The summed E-state index contributed by atoms with van der Waals surface area (Å²) in [4.78, 5) is 11.5. The summed E-state index contributed by atoms with van der Waals surface area (Å²) in [5.41, 5.74) is 0. The monoisotopic (exact) mass is 377 g/mol. The van der Waals surface area contributed by atoms with Gasteiger partial charge in [0.05, 0.1) is 34.9 Å². The van der Waals surface area contributed by atoms with Gasteiger partial charge in [-0.3, -0.25) is 4.79 Å². The van der Waals surface area contributed by atoms with Crippen molar-refractivity contribution in [3.63, 3.8) is 0 Å². The molecule has 2 aromatic rings. The molecule has 0 saturated heterocycles. The Balaban J connectivity index is 2.38. The van der Waals surface area contributed by atoms with Crippen molar-refractivity contribution in [3.8, 4) is 0 Å². The summed E-state index contributed by atoms with van der Waals surface area (Å²) in [5, 5.41) is 0.333. The molecule has 0 fully saturated rings. The number of hydrogen-bond acceptors (Lipinski definition) is 5. The number of esters is 1. The average Bonchev–Trinajstić information content (AvgIpc) is 3.02. The molecular formula is C14H13Cl2NO5S. The van der Waals surface area contributed by atoms with Crippen LogP contribution in [0.15, 0.2) is 45.9 Å². The normalized spacial score (nSPS) is 11.7. The van der Waals surface area contributed by atoms with Gasteiger partial charge < -0.3 is 9.15 Å². The highest BCUT2D eigenvalue weighted by Gasteiger charge is 2.28. The van der Waals surface area contributed by atoms with Crippen molar-refractivity contribution in [2.24, 2.45) is 0 Å². The minimum atomic E-state index is -3.99. The number of ether oxygens (including phenoxy) is 1. The molecule has 23 heavy (non-hydrogen) atoms. The largest absolute Gasteiger partial charge is 0.468 e. The van der Waals surface area contributed by atoms with E-state index in [0.29, 0.717) is 5.76 Å². The highest BCUT2D eigenvalue weighted by atomic mass is 35.5. The molecule has 1 aromatic carbocycles. The van der Waals surface area contributed by atoms with Crippen molar-refractivity contribution >= 4 is 39.2 Å². The minimum Gasteiger partial charge on any atom is -0.468 e. The van der Waals surface area contributed by atoms with E-state index in [1.807, 2.05) is 0 Å². The average molecular weight is 378 g/mol. The zero-order chi connectivity index (χ0) is 17.0. The third-order valence-electron chi connectivity index (χ3n) is 2.97. The van der Waals surface area contributed by atoms with Gasteiger partial charge in [-0.15, -0.1) is 0 Å². The van der Waals surface area contributed by atoms with Crippen LogP contribution in [0.3, 0.4) is 0 Å². The molecule has 0 unspecified atom stereocenters. The SMILES string of the molecule is COC(=O)CN(Cc1ccco1)S(=O)(=O)c1ccc(Cl)c(Cl)c1. The molecule has 0 radical (unpaired) electrons. The lowest BCUT2D eigenvalue weighted by Gasteiger charge is -2.20. The van der Waals surface area contributed by atoms with Gasteiger partial charge in [0.2, 0.25) is 10.0 Å². The van der Waals surface area contributed by atoms with Gasteiger partial charge in [0.1, 0.15) is 12.3 Å². The molecule has 0 aliphatic carbocycles. The number of furan rings is 1. The van der Waals surface area contributed by atoms with E-state index < -0.39 is 22.5 Å². The van der Waals surface area contributed by atoms with Gasteiger partial charge in [0.15, 0.2) is 0 Å². The van der Waals surface area contributed by atoms with Crippen LogP contribution >= 0.6 is 23.2 Å². The Morgan fingerprint density at radius 2 is 2.00 bits per heavy atom. The van der Waals surface area contributed by atoms with Gasteiger partial charge in [-0.1, -0.05) is 23.2 Å². The molecule has 0 bridgehead atoms. The molecule has 9 heteroatoms. The van der Waals surface area contributed by atoms with Crippen LogP contribution in [0.5, 0.6) is 0 Å². The Labute approximate surface area is 143 Å². The lowest BCUT2D eigenvalue weighted by atomic mass is 10.4. The van der Waals surface area contributed by atoms with E-state index in [2.05, 4.69) is 4.74 Å². The van der Waals surface area contributed by atoms with Gasteiger partial charge >= 0.3 is 5.97 Å². The molecule has 0 amide bonds. The van der Waals surface area contributed by atoms with Crippen LogP contribution < -0.4 is 0 Å². The molecule has 124 valence electrons. The number of carbonyl (C=O) groups is 1. The minimum absolute atomic E-state index is 0.0811. The number of methoxy groups -OCH3 is 1. The van der Waals surface area contributed by atoms with Crippen molar-refractivity contribution in [3.05, 3.63) is 52.4 Å². The fourth-order valence-corrected chi connectivity index (χ4v) is 3.54. The maximum absolute atomic E-state index is 12.7. The predicted octanol–water partition coefficient (Wildman–Crippen LogP) is 2.95. The number of halogens is 2. The lowest BCUT2D eigenvalue weighted by Crippen LogP contribution is -2.35. The fourth-order valence-electron chi connectivity index (χ4n) is 1.80. The highest BCUT2D eigenvalue weighted by Crippen LogP contribution is 2.27. The number of rotatable bonds is 6. The summed E-state index contributed by atoms with van der Waals surface area (Å²) < 4.78 is 36.1. The van der Waals surface area contributed by atoms with E-state index >= 15 is 0 Å².